The molecule has 148 valence electrons. The molecule has 1 saturated heterocycles. The summed E-state index contributed by atoms with van der Waals surface area (Å²) in [6, 6.07) is 14.3. The van der Waals surface area contributed by atoms with Gasteiger partial charge in [-0.15, -0.1) is 0 Å². The number of halogens is 1. The summed E-state index contributed by atoms with van der Waals surface area (Å²) in [5, 5.41) is 3.03. The van der Waals surface area contributed by atoms with E-state index in [1.165, 1.54) is 11.1 Å². The Balaban J connectivity index is 1.19. The topological polar surface area (TPSA) is 54.0 Å². The number of nitrogens with one attached hydrogen (secondary N) is 1. The summed E-state index contributed by atoms with van der Waals surface area (Å²) in [5.41, 5.74) is 2.42. The van der Waals surface area contributed by atoms with Crippen molar-refractivity contribution < 1.29 is 14.3 Å². The number of carbonyl (C=O) groups is 1. The van der Waals surface area contributed by atoms with Crippen LogP contribution in [-0.2, 0) is 13.0 Å². The maximum Gasteiger partial charge on any atom is 0.317 e. The lowest BCUT2D eigenvalue weighted by Gasteiger charge is -2.34. The number of benzene rings is 2. The molecule has 6 nitrogen and oxygen atoms in total. The minimum absolute atomic E-state index is 0.0276. The summed E-state index contributed by atoms with van der Waals surface area (Å²) < 4.78 is 11.9. The van der Waals surface area contributed by atoms with Crippen molar-refractivity contribution in [3.05, 3.63) is 58.1 Å². The Bertz CT molecular complexity index is 820. The van der Waals surface area contributed by atoms with Gasteiger partial charge < -0.3 is 19.7 Å². The van der Waals surface area contributed by atoms with Crippen LogP contribution in [0.2, 0.25) is 0 Å². The molecule has 2 amide bonds. The molecule has 0 spiro atoms. The molecule has 0 aromatic heterocycles. The van der Waals surface area contributed by atoms with E-state index in [1.807, 2.05) is 29.2 Å². The van der Waals surface area contributed by atoms with Gasteiger partial charge in [-0.3, -0.25) is 4.90 Å². The average Bonchev–Trinajstić information content (AvgIpc) is 3.18. The first kappa shape index (κ1) is 19.1. The van der Waals surface area contributed by atoms with E-state index in [2.05, 4.69) is 44.3 Å². The minimum Gasteiger partial charge on any atom is -0.454 e. The van der Waals surface area contributed by atoms with Crippen molar-refractivity contribution in [3.63, 3.8) is 0 Å². The van der Waals surface area contributed by atoms with Crippen LogP contribution in [0.4, 0.5) is 4.79 Å². The van der Waals surface area contributed by atoms with Crippen molar-refractivity contribution in [2.24, 2.45) is 0 Å². The maximum absolute atomic E-state index is 12.4. The molecule has 0 unspecified atom stereocenters. The first-order chi connectivity index (χ1) is 13.7. The number of nitrogens with zero attached hydrogens (tertiary/aromatic N) is 2. The van der Waals surface area contributed by atoms with E-state index in [4.69, 9.17) is 9.47 Å². The number of ether oxygens (including phenoxy) is 2. The molecule has 2 aromatic carbocycles. The molecule has 28 heavy (non-hydrogen) atoms. The van der Waals surface area contributed by atoms with Gasteiger partial charge in [0.25, 0.3) is 0 Å². The fourth-order valence-electron chi connectivity index (χ4n) is 3.48. The Morgan fingerprint density at radius 3 is 2.46 bits per heavy atom. The lowest BCUT2D eigenvalue weighted by atomic mass is 10.1. The molecule has 4 rings (SSSR count). The van der Waals surface area contributed by atoms with Crippen LogP contribution >= 0.6 is 15.9 Å². The second-order valence-electron chi connectivity index (χ2n) is 7.06. The van der Waals surface area contributed by atoms with Gasteiger partial charge in [-0.1, -0.05) is 34.1 Å². The van der Waals surface area contributed by atoms with Crippen LogP contribution in [0, 0.1) is 0 Å². The van der Waals surface area contributed by atoms with Crippen LogP contribution in [0.1, 0.15) is 11.1 Å². The van der Waals surface area contributed by atoms with Gasteiger partial charge in [0.15, 0.2) is 11.5 Å². The Morgan fingerprint density at radius 2 is 1.68 bits per heavy atom. The molecule has 0 radical (unpaired) electrons. The highest BCUT2D eigenvalue weighted by Gasteiger charge is 2.21. The van der Waals surface area contributed by atoms with E-state index in [0.29, 0.717) is 13.3 Å². The lowest BCUT2D eigenvalue weighted by Crippen LogP contribution is -2.51. The number of carbonyl (C=O) groups excluding carboxylic acids is 1. The highest BCUT2D eigenvalue weighted by atomic mass is 79.9. The number of amides is 2. The third-order valence-electron chi connectivity index (χ3n) is 5.11. The predicted octanol–water partition coefficient (Wildman–Crippen LogP) is 3.25. The van der Waals surface area contributed by atoms with Gasteiger partial charge in [0, 0.05) is 43.7 Å². The SMILES string of the molecule is O=C(NCCc1ccc(Br)cc1)N1CCN(Cc2ccc3c(c2)OCO3)CC1. The van der Waals surface area contributed by atoms with Gasteiger partial charge in [-0.05, 0) is 41.8 Å². The van der Waals surface area contributed by atoms with Gasteiger partial charge in [0.1, 0.15) is 0 Å². The van der Waals surface area contributed by atoms with E-state index in [0.717, 1.165) is 55.1 Å². The van der Waals surface area contributed by atoms with Crippen LogP contribution in [0.3, 0.4) is 0 Å². The van der Waals surface area contributed by atoms with Gasteiger partial charge in [0.05, 0.1) is 0 Å². The van der Waals surface area contributed by atoms with Crippen molar-refractivity contribution in [3.8, 4) is 11.5 Å². The number of rotatable bonds is 5. The Kier molecular flexibility index (Phi) is 6.02. The number of hydrogen-bond acceptors (Lipinski definition) is 4. The van der Waals surface area contributed by atoms with Gasteiger partial charge in [0.2, 0.25) is 6.79 Å². The molecular formula is C21H24BrN3O3. The standard InChI is InChI=1S/C21H24BrN3O3/c22-18-4-1-16(2-5-18)7-8-23-21(26)25-11-9-24(10-12-25)14-17-3-6-19-20(13-17)28-15-27-19/h1-6,13H,7-12,14-15H2,(H,23,26). The van der Waals surface area contributed by atoms with Crippen molar-refractivity contribution in [2.75, 3.05) is 39.5 Å². The van der Waals surface area contributed by atoms with E-state index < -0.39 is 0 Å². The smallest absolute Gasteiger partial charge is 0.317 e. The quantitative estimate of drug-likeness (QED) is 0.767. The molecular weight excluding hydrogens is 422 g/mol. The first-order valence-corrected chi connectivity index (χ1v) is 10.3. The molecule has 2 aliphatic rings. The van der Waals surface area contributed by atoms with E-state index >= 15 is 0 Å². The second kappa shape index (κ2) is 8.84. The zero-order valence-corrected chi connectivity index (χ0v) is 17.3. The Morgan fingerprint density at radius 1 is 0.964 bits per heavy atom. The summed E-state index contributed by atoms with van der Waals surface area (Å²) in [6.07, 6.45) is 0.836. The second-order valence-corrected chi connectivity index (χ2v) is 7.97. The molecule has 0 atom stereocenters. The first-order valence-electron chi connectivity index (χ1n) is 9.55. The summed E-state index contributed by atoms with van der Waals surface area (Å²) in [4.78, 5) is 16.7. The summed E-state index contributed by atoms with van der Waals surface area (Å²) in [7, 11) is 0. The number of piperazine rings is 1. The van der Waals surface area contributed by atoms with Crippen molar-refractivity contribution in [1.82, 2.24) is 15.1 Å². The Labute approximate surface area is 173 Å². The summed E-state index contributed by atoms with van der Waals surface area (Å²) in [6.45, 7) is 5.04. The molecule has 0 bridgehead atoms. The van der Waals surface area contributed by atoms with Crippen LogP contribution in [0.25, 0.3) is 0 Å². The van der Waals surface area contributed by atoms with E-state index in [1.54, 1.807) is 0 Å². The zero-order valence-electron chi connectivity index (χ0n) is 15.7. The fourth-order valence-corrected chi connectivity index (χ4v) is 3.75. The van der Waals surface area contributed by atoms with Gasteiger partial charge in [-0.2, -0.15) is 0 Å². The molecule has 7 heteroatoms. The normalized spacial score (nSPS) is 16.2. The molecule has 1 fully saturated rings. The lowest BCUT2D eigenvalue weighted by molar-refractivity contribution is 0.135. The van der Waals surface area contributed by atoms with E-state index in [-0.39, 0.29) is 6.03 Å². The number of urea groups is 1. The van der Waals surface area contributed by atoms with Crippen LogP contribution < -0.4 is 14.8 Å². The van der Waals surface area contributed by atoms with Crippen LogP contribution in [0.5, 0.6) is 11.5 Å². The fraction of sp³-hybridized carbons (Fsp3) is 0.381. The highest BCUT2D eigenvalue weighted by Crippen LogP contribution is 2.32. The highest BCUT2D eigenvalue weighted by molar-refractivity contribution is 9.10. The predicted molar refractivity (Wildman–Crippen MR) is 111 cm³/mol. The molecule has 1 N–H and O–H groups in total. The third kappa shape index (κ3) is 4.77. The molecule has 2 aromatic rings. The van der Waals surface area contributed by atoms with Gasteiger partial charge >= 0.3 is 6.03 Å². The number of fused-ring (bicyclic) bond motifs is 1. The van der Waals surface area contributed by atoms with Crippen molar-refractivity contribution in [2.45, 2.75) is 13.0 Å². The molecule has 0 saturated carbocycles. The van der Waals surface area contributed by atoms with Crippen LogP contribution in [0.15, 0.2) is 46.9 Å². The van der Waals surface area contributed by atoms with Crippen molar-refractivity contribution >= 4 is 22.0 Å². The Hall–Kier alpha value is -2.25. The average molecular weight is 446 g/mol. The van der Waals surface area contributed by atoms with Crippen LogP contribution in [-0.4, -0.2) is 55.3 Å². The van der Waals surface area contributed by atoms with E-state index in [9.17, 15) is 4.79 Å². The molecule has 2 heterocycles. The monoisotopic (exact) mass is 445 g/mol. The third-order valence-corrected chi connectivity index (χ3v) is 5.63. The maximum atomic E-state index is 12.4. The van der Waals surface area contributed by atoms with Gasteiger partial charge in [-0.25, -0.2) is 4.79 Å². The summed E-state index contributed by atoms with van der Waals surface area (Å²) >= 11 is 3.44. The molecule has 2 aliphatic heterocycles. The largest absolute Gasteiger partial charge is 0.454 e. The number of hydrogen-bond donors (Lipinski definition) is 1. The van der Waals surface area contributed by atoms with Crippen molar-refractivity contribution in [1.29, 1.82) is 0 Å². The molecule has 0 aliphatic carbocycles. The minimum atomic E-state index is 0.0276. The summed E-state index contributed by atoms with van der Waals surface area (Å²) in [5.74, 6) is 1.63. The zero-order chi connectivity index (χ0) is 19.3.